The molecule has 90 valence electrons. The molecule has 2 aromatic rings. The molecule has 1 atom stereocenters. The lowest BCUT2D eigenvalue weighted by Crippen LogP contribution is -2.32. The van der Waals surface area contributed by atoms with Gasteiger partial charge in [-0.2, -0.15) is 0 Å². The first kappa shape index (κ1) is 11.0. The number of furan rings is 1. The second-order valence-corrected chi connectivity index (χ2v) is 5.38. The van der Waals surface area contributed by atoms with Crippen LogP contribution in [0.15, 0.2) is 28.2 Å². The highest BCUT2D eigenvalue weighted by atomic mass is 32.1. The normalized spacial score (nSPS) is 19.2. The van der Waals surface area contributed by atoms with E-state index >= 15 is 0 Å². The number of thiophene rings is 1. The molecule has 1 unspecified atom stereocenters. The molecule has 0 fully saturated rings. The second kappa shape index (κ2) is 4.64. The zero-order valence-corrected chi connectivity index (χ0v) is 10.4. The Morgan fingerprint density at radius 2 is 2.41 bits per heavy atom. The minimum Gasteiger partial charge on any atom is -0.469 e. The highest BCUT2D eigenvalue weighted by Gasteiger charge is 2.21. The molecular formula is C13H16N2OS. The predicted molar refractivity (Wildman–Crippen MR) is 69.1 cm³/mol. The van der Waals surface area contributed by atoms with Gasteiger partial charge in [0.1, 0.15) is 5.76 Å². The van der Waals surface area contributed by atoms with E-state index in [4.69, 9.17) is 10.2 Å². The van der Waals surface area contributed by atoms with Crippen LogP contribution in [0.25, 0.3) is 0 Å². The standard InChI is InChI=1S/C13H16N2OS/c14-11-6-15-7-12-13(11)9(8-17-12)3-4-10-2-1-5-16-10/h1-2,5,8,11,15H,3-4,6-7,14H2. The minimum absolute atomic E-state index is 0.150. The van der Waals surface area contributed by atoms with E-state index in [0.29, 0.717) is 0 Å². The molecule has 3 nitrogen and oxygen atoms in total. The van der Waals surface area contributed by atoms with E-state index in [1.54, 1.807) is 6.26 Å². The number of aryl methyl sites for hydroxylation is 2. The Hall–Kier alpha value is -1.10. The van der Waals surface area contributed by atoms with Crippen molar-refractivity contribution in [1.29, 1.82) is 0 Å². The van der Waals surface area contributed by atoms with Crippen LogP contribution >= 0.6 is 11.3 Å². The third kappa shape index (κ3) is 2.16. The summed E-state index contributed by atoms with van der Waals surface area (Å²) < 4.78 is 5.36. The van der Waals surface area contributed by atoms with Gasteiger partial charge in [-0.3, -0.25) is 0 Å². The molecule has 1 aliphatic rings. The molecular weight excluding hydrogens is 232 g/mol. The lowest BCUT2D eigenvalue weighted by Gasteiger charge is -2.21. The highest BCUT2D eigenvalue weighted by molar-refractivity contribution is 7.10. The fraction of sp³-hybridized carbons (Fsp3) is 0.385. The SMILES string of the molecule is NC1CNCc2scc(CCc3ccco3)c21. The van der Waals surface area contributed by atoms with Gasteiger partial charge in [-0.25, -0.2) is 0 Å². The zero-order chi connectivity index (χ0) is 11.7. The molecule has 0 aliphatic carbocycles. The molecule has 3 heterocycles. The summed E-state index contributed by atoms with van der Waals surface area (Å²) in [7, 11) is 0. The zero-order valence-electron chi connectivity index (χ0n) is 9.61. The van der Waals surface area contributed by atoms with Gasteiger partial charge in [0.2, 0.25) is 0 Å². The second-order valence-electron chi connectivity index (χ2n) is 4.41. The Morgan fingerprint density at radius 3 is 3.24 bits per heavy atom. The van der Waals surface area contributed by atoms with E-state index < -0.39 is 0 Å². The third-order valence-corrected chi connectivity index (χ3v) is 4.28. The summed E-state index contributed by atoms with van der Waals surface area (Å²) in [5.41, 5.74) is 8.94. The van der Waals surface area contributed by atoms with Crippen LogP contribution in [0, 0.1) is 0 Å². The molecule has 0 amide bonds. The monoisotopic (exact) mass is 248 g/mol. The summed E-state index contributed by atoms with van der Waals surface area (Å²) in [5.74, 6) is 1.05. The van der Waals surface area contributed by atoms with Crippen molar-refractivity contribution in [2.24, 2.45) is 5.73 Å². The van der Waals surface area contributed by atoms with Gasteiger partial charge in [0.15, 0.2) is 0 Å². The summed E-state index contributed by atoms with van der Waals surface area (Å²) in [6, 6.07) is 4.12. The molecule has 0 saturated heterocycles. The van der Waals surface area contributed by atoms with E-state index in [9.17, 15) is 0 Å². The van der Waals surface area contributed by atoms with Crippen LogP contribution in [0.5, 0.6) is 0 Å². The number of rotatable bonds is 3. The average Bonchev–Trinajstić information content (AvgIpc) is 2.95. The van der Waals surface area contributed by atoms with Crippen molar-refractivity contribution in [3.8, 4) is 0 Å². The summed E-state index contributed by atoms with van der Waals surface area (Å²) in [5, 5.41) is 5.59. The Bertz CT molecular complexity index is 489. The molecule has 17 heavy (non-hydrogen) atoms. The van der Waals surface area contributed by atoms with Crippen molar-refractivity contribution in [2.45, 2.75) is 25.4 Å². The summed E-state index contributed by atoms with van der Waals surface area (Å²) in [6.45, 7) is 1.85. The molecule has 2 aromatic heterocycles. The predicted octanol–water partition coefficient (Wildman–Crippen LogP) is 2.23. The van der Waals surface area contributed by atoms with Crippen LogP contribution in [-0.2, 0) is 19.4 Å². The fourth-order valence-corrected chi connectivity index (χ4v) is 3.50. The van der Waals surface area contributed by atoms with Gasteiger partial charge in [-0.15, -0.1) is 11.3 Å². The molecule has 1 aliphatic heterocycles. The molecule has 0 spiro atoms. The smallest absolute Gasteiger partial charge is 0.104 e. The van der Waals surface area contributed by atoms with Crippen molar-refractivity contribution >= 4 is 11.3 Å². The third-order valence-electron chi connectivity index (χ3n) is 3.23. The van der Waals surface area contributed by atoms with Gasteiger partial charge < -0.3 is 15.5 Å². The fourth-order valence-electron chi connectivity index (χ4n) is 2.38. The van der Waals surface area contributed by atoms with Crippen molar-refractivity contribution in [1.82, 2.24) is 5.32 Å². The average molecular weight is 248 g/mol. The van der Waals surface area contributed by atoms with Crippen molar-refractivity contribution in [3.63, 3.8) is 0 Å². The number of hydrogen-bond acceptors (Lipinski definition) is 4. The van der Waals surface area contributed by atoms with Gasteiger partial charge >= 0.3 is 0 Å². The Labute approximate surface area is 105 Å². The van der Waals surface area contributed by atoms with Crippen molar-refractivity contribution in [3.05, 3.63) is 45.5 Å². The van der Waals surface area contributed by atoms with E-state index in [2.05, 4.69) is 10.7 Å². The summed E-state index contributed by atoms with van der Waals surface area (Å²) in [6.07, 6.45) is 3.71. The van der Waals surface area contributed by atoms with Crippen LogP contribution in [0.3, 0.4) is 0 Å². The molecule has 0 bridgehead atoms. The van der Waals surface area contributed by atoms with E-state index in [-0.39, 0.29) is 6.04 Å². The highest BCUT2D eigenvalue weighted by Crippen LogP contribution is 2.30. The maximum atomic E-state index is 6.16. The lowest BCUT2D eigenvalue weighted by atomic mass is 9.97. The largest absolute Gasteiger partial charge is 0.469 e. The van der Waals surface area contributed by atoms with Crippen LogP contribution in [0.2, 0.25) is 0 Å². The van der Waals surface area contributed by atoms with Crippen LogP contribution in [-0.4, -0.2) is 6.54 Å². The van der Waals surface area contributed by atoms with E-state index in [1.807, 2.05) is 23.5 Å². The number of nitrogens with one attached hydrogen (secondary N) is 1. The maximum absolute atomic E-state index is 6.16. The first-order chi connectivity index (χ1) is 8.34. The Kier molecular flexibility index (Phi) is 3.01. The Balaban J connectivity index is 1.77. The topological polar surface area (TPSA) is 51.2 Å². The summed E-state index contributed by atoms with van der Waals surface area (Å²) >= 11 is 1.82. The molecule has 0 radical (unpaired) electrons. The molecule has 4 heteroatoms. The van der Waals surface area contributed by atoms with Gasteiger partial charge in [0.25, 0.3) is 0 Å². The quantitative estimate of drug-likeness (QED) is 0.875. The van der Waals surface area contributed by atoms with Crippen molar-refractivity contribution in [2.75, 3.05) is 6.54 Å². The maximum Gasteiger partial charge on any atom is 0.104 e. The molecule has 0 aromatic carbocycles. The number of nitrogens with two attached hydrogens (primary N) is 1. The lowest BCUT2D eigenvalue weighted by molar-refractivity contribution is 0.506. The van der Waals surface area contributed by atoms with Crippen LogP contribution in [0.4, 0.5) is 0 Å². The minimum atomic E-state index is 0.150. The van der Waals surface area contributed by atoms with Crippen LogP contribution < -0.4 is 11.1 Å². The van der Waals surface area contributed by atoms with E-state index in [1.165, 1.54) is 16.0 Å². The van der Waals surface area contributed by atoms with Gasteiger partial charge in [0.05, 0.1) is 6.26 Å². The molecule has 3 rings (SSSR count). The molecule has 3 N–H and O–H groups in total. The first-order valence-corrected chi connectivity index (χ1v) is 6.80. The molecule has 0 saturated carbocycles. The van der Waals surface area contributed by atoms with Crippen molar-refractivity contribution < 1.29 is 4.42 Å². The van der Waals surface area contributed by atoms with Crippen LogP contribution in [0.1, 0.15) is 27.8 Å². The van der Waals surface area contributed by atoms with Gasteiger partial charge in [0, 0.05) is 30.4 Å². The first-order valence-electron chi connectivity index (χ1n) is 5.92. The van der Waals surface area contributed by atoms with E-state index in [0.717, 1.165) is 31.7 Å². The van der Waals surface area contributed by atoms with Gasteiger partial charge in [-0.1, -0.05) is 0 Å². The number of fused-ring (bicyclic) bond motifs is 1. The summed E-state index contributed by atoms with van der Waals surface area (Å²) in [4.78, 5) is 1.40. The number of hydrogen-bond donors (Lipinski definition) is 2. The van der Waals surface area contributed by atoms with Gasteiger partial charge in [-0.05, 0) is 35.1 Å². The Morgan fingerprint density at radius 1 is 1.47 bits per heavy atom.